The first-order valence-corrected chi connectivity index (χ1v) is 6.89. The molecule has 1 rings (SSSR count). The van der Waals surface area contributed by atoms with Gasteiger partial charge in [0.2, 0.25) is 0 Å². The van der Waals surface area contributed by atoms with Crippen molar-refractivity contribution in [1.29, 1.82) is 0 Å². The summed E-state index contributed by atoms with van der Waals surface area (Å²) in [6.45, 7) is 9.20. The zero-order valence-corrected chi connectivity index (χ0v) is 10.9. The zero-order chi connectivity index (χ0) is 10.6. The predicted octanol–water partition coefficient (Wildman–Crippen LogP) is 4.51. The van der Waals surface area contributed by atoms with Gasteiger partial charge in [-0.3, -0.25) is 0 Å². The average Bonchev–Trinajstić information content (AvgIpc) is 2.10. The molecular formula is C13H24S. The van der Waals surface area contributed by atoms with Gasteiger partial charge in [-0.2, -0.15) is 11.8 Å². The van der Waals surface area contributed by atoms with E-state index in [1.165, 1.54) is 30.6 Å². The maximum absolute atomic E-state index is 2.42. The number of hydrogen-bond donors (Lipinski definition) is 0. The summed E-state index contributed by atoms with van der Waals surface area (Å²) >= 11 is 2.16. The molecule has 0 spiro atoms. The number of thioether (sulfide) groups is 1. The number of hydrogen-bond acceptors (Lipinski definition) is 1. The number of rotatable bonds is 3. The van der Waals surface area contributed by atoms with E-state index in [-0.39, 0.29) is 0 Å². The molecule has 3 unspecified atom stereocenters. The van der Waals surface area contributed by atoms with Crippen LogP contribution >= 0.6 is 11.8 Å². The lowest BCUT2D eigenvalue weighted by atomic mass is 9.84. The standard InChI is InChI=1S/C13H24S/c1-10(2)7-8-14-13-9-11(3)5-6-12(13)4/h7,11-13H,5-6,8-9H2,1-4H3. The summed E-state index contributed by atoms with van der Waals surface area (Å²) in [4.78, 5) is 0. The Hall–Kier alpha value is 0.0900. The Bertz CT molecular complexity index is 191. The van der Waals surface area contributed by atoms with Crippen LogP contribution in [0.5, 0.6) is 0 Å². The highest BCUT2D eigenvalue weighted by Crippen LogP contribution is 2.36. The van der Waals surface area contributed by atoms with Crippen LogP contribution in [0.1, 0.15) is 47.0 Å². The Kier molecular flexibility index (Phi) is 5.08. The summed E-state index contributed by atoms with van der Waals surface area (Å²) in [5.74, 6) is 3.10. The molecule has 14 heavy (non-hydrogen) atoms. The predicted molar refractivity (Wildman–Crippen MR) is 67.9 cm³/mol. The van der Waals surface area contributed by atoms with Gasteiger partial charge in [0, 0.05) is 11.0 Å². The van der Waals surface area contributed by atoms with E-state index >= 15 is 0 Å². The topological polar surface area (TPSA) is 0 Å². The Morgan fingerprint density at radius 1 is 1.29 bits per heavy atom. The summed E-state index contributed by atoms with van der Waals surface area (Å²) in [6.07, 6.45) is 6.67. The van der Waals surface area contributed by atoms with E-state index in [0.29, 0.717) is 0 Å². The molecule has 0 aromatic carbocycles. The Morgan fingerprint density at radius 2 is 2.00 bits per heavy atom. The highest BCUT2D eigenvalue weighted by Gasteiger charge is 2.25. The van der Waals surface area contributed by atoms with Crippen LogP contribution in [0.3, 0.4) is 0 Å². The fourth-order valence-corrected chi connectivity index (χ4v) is 3.66. The van der Waals surface area contributed by atoms with E-state index < -0.39 is 0 Å². The molecule has 0 radical (unpaired) electrons. The van der Waals surface area contributed by atoms with Crippen LogP contribution in [0.2, 0.25) is 0 Å². The van der Waals surface area contributed by atoms with Crippen molar-refractivity contribution < 1.29 is 0 Å². The highest BCUT2D eigenvalue weighted by molar-refractivity contribution is 8.00. The molecule has 1 fully saturated rings. The minimum atomic E-state index is 0.911. The van der Waals surface area contributed by atoms with Gasteiger partial charge in [0.25, 0.3) is 0 Å². The van der Waals surface area contributed by atoms with Gasteiger partial charge in [-0.25, -0.2) is 0 Å². The summed E-state index contributed by atoms with van der Waals surface area (Å²) < 4.78 is 0. The van der Waals surface area contributed by atoms with Crippen molar-refractivity contribution >= 4 is 11.8 Å². The maximum Gasteiger partial charge on any atom is 0.0118 e. The van der Waals surface area contributed by atoms with Crippen molar-refractivity contribution in [2.45, 2.75) is 52.2 Å². The molecule has 0 aromatic heterocycles. The monoisotopic (exact) mass is 212 g/mol. The van der Waals surface area contributed by atoms with E-state index in [0.717, 1.165) is 17.1 Å². The van der Waals surface area contributed by atoms with Crippen LogP contribution in [0.25, 0.3) is 0 Å². The van der Waals surface area contributed by atoms with Gasteiger partial charge in [0.15, 0.2) is 0 Å². The van der Waals surface area contributed by atoms with E-state index in [2.05, 4.69) is 45.5 Å². The summed E-state index contributed by atoms with van der Waals surface area (Å²) in [7, 11) is 0. The minimum Gasteiger partial charge on any atom is -0.154 e. The van der Waals surface area contributed by atoms with E-state index in [1.54, 1.807) is 0 Å². The van der Waals surface area contributed by atoms with Gasteiger partial charge in [0.1, 0.15) is 0 Å². The molecule has 0 nitrogen and oxygen atoms in total. The Morgan fingerprint density at radius 3 is 2.64 bits per heavy atom. The van der Waals surface area contributed by atoms with Crippen LogP contribution in [-0.2, 0) is 0 Å². The fourth-order valence-electron chi connectivity index (χ4n) is 2.05. The second-order valence-corrected chi connectivity index (χ2v) is 6.32. The smallest absolute Gasteiger partial charge is 0.0118 e. The van der Waals surface area contributed by atoms with E-state index in [1.807, 2.05) is 0 Å². The third kappa shape index (κ3) is 4.08. The Labute approximate surface area is 93.5 Å². The van der Waals surface area contributed by atoms with Crippen LogP contribution in [0.4, 0.5) is 0 Å². The summed E-state index contributed by atoms with van der Waals surface area (Å²) in [5, 5.41) is 0.911. The molecule has 82 valence electrons. The molecule has 1 aliphatic carbocycles. The van der Waals surface area contributed by atoms with Crippen molar-refractivity contribution in [2.75, 3.05) is 5.75 Å². The van der Waals surface area contributed by atoms with Crippen LogP contribution < -0.4 is 0 Å². The van der Waals surface area contributed by atoms with E-state index in [9.17, 15) is 0 Å². The molecule has 0 bridgehead atoms. The third-order valence-corrected chi connectivity index (χ3v) is 4.63. The van der Waals surface area contributed by atoms with Crippen molar-refractivity contribution in [3.8, 4) is 0 Å². The van der Waals surface area contributed by atoms with Gasteiger partial charge in [-0.1, -0.05) is 31.9 Å². The zero-order valence-electron chi connectivity index (χ0n) is 10.0. The van der Waals surface area contributed by atoms with Gasteiger partial charge < -0.3 is 0 Å². The van der Waals surface area contributed by atoms with E-state index in [4.69, 9.17) is 0 Å². The lowest BCUT2D eigenvalue weighted by molar-refractivity contribution is 0.318. The molecular weight excluding hydrogens is 188 g/mol. The largest absolute Gasteiger partial charge is 0.154 e. The lowest BCUT2D eigenvalue weighted by Crippen LogP contribution is -2.24. The molecule has 1 heteroatoms. The summed E-state index contributed by atoms with van der Waals surface area (Å²) in [6, 6.07) is 0. The van der Waals surface area contributed by atoms with Gasteiger partial charge in [0.05, 0.1) is 0 Å². The quantitative estimate of drug-likeness (QED) is 0.620. The van der Waals surface area contributed by atoms with Gasteiger partial charge in [-0.15, -0.1) is 0 Å². The molecule has 0 amide bonds. The first-order valence-electron chi connectivity index (χ1n) is 5.84. The molecule has 0 aliphatic heterocycles. The van der Waals surface area contributed by atoms with Gasteiger partial charge >= 0.3 is 0 Å². The minimum absolute atomic E-state index is 0.911. The molecule has 3 atom stereocenters. The van der Waals surface area contributed by atoms with Crippen molar-refractivity contribution in [3.05, 3.63) is 11.6 Å². The second kappa shape index (κ2) is 5.85. The van der Waals surface area contributed by atoms with Crippen LogP contribution in [0, 0.1) is 11.8 Å². The van der Waals surface area contributed by atoms with Crippen molar-refractivity contribution in [2.24, 2.45) is 11.8 Å². The SMILES string of the molecule is CC(C)=CCSC1CC(C)CCC1C. The molecule has 0 heterocycles. The van der Waals surface area contributed by atoms with Crippen molar-refractivity contribution in [3.63, 3.8) is 0 Å². The summed E-state index contributed by atoms with van der Waals surface area (Å²) in [5.41, 5.74) is 1.45. The first-order chi connectivity index (χ1) is 6.59. The van der Waals surface area contributed by atoms with Crippen LogP contribution in [-0.4, -0.2) is 11.0 Å². The van der Waals surface area contributed by atoms with Crippen molar-refractivity contribution in [1.82, 2.24) is 0 Å². The molecule has 0 saturated heterocycles. The normalized spacial score (nSPS) is 32.7. The molecule has 0 N–H and O–H groups in total. The second-order valence-electron chi connectivity index (χ2n) is 5.05. The molecule has 1 saturated carbocycles. The van der Waals surface area contributed by atoms with Crippen LogP contribution in [0.15, 0.2) is 11.6 Å². The lowest BCUT2D eigenvalue weighted by Gasteiger charge is -2.32. The molecule has 1 aliphatic rings. The Balaban J connectivity index is 2.31. The number of allylic oxidation sites excluding steroid dienone is 1. The maximum atomic E-state index is 2.42. The van der Waals surface area contributed by atoms with Gasteiger partial charge in [-0.05, 0) is 38.5 Å². The first kappa shape index (κ1) is 12.2. The highest BCUT2D eigenvalue weighted by atomic mass is 32.2. The third-order valence-electron chi connectivity index (χ3n) is 3.19. The molecule has 0 aromatic rings. The average molecular weight is 212 g/mol. The fraction of sp³-hybridized carbons (Fsp3) is 0.846.